The molecule has 0 radical (unpaired) electrons. The number of nitrogens with zero attached hydrogens (tertiary/aromatic N) is 1. The second-order valence-corrected chi connectivity index (χ2v) is 5.69. The molecule has 1 aliphatic rings. The number of amides is 1. The zero-order valence-electron chi connectivity index (χ0n) is 12.1. The molecule has 1 atom stereocenters. The number of nitrogens with one attached hydrogen (secondary N) is 1. The third-order valence-corrected chi connectivity index (χ3v) is 3.99. The molecule has 0 aliphatic carbocycles. The molecular formula is C16H24N2O. The number of rotatable bonds is 4. The van der Waals surface area contributed by atoms with Crippen molar-refractivity contribution in [2.45, 2.75) is 26.8 Å². The Hall–Kier alpha value is -1.35. The van der Waals surface area contributed by atoms with Gasteiger partial charge in [-0.15, -0.1) is 0 Å². The summed E-state index contributed by atoms with van der Waals surface area (Å²) in [5.41, 5.74) is 2.69. The average molecular weight is 260 g/mol. The molecule has 1 amide bonds. The lowest BCUT2D eigenvalue weighted by atomic mass is 9.92. The van der Waals surface area contributed by atoms with E-state index in [4.69, 9.17) is 0 Å². The fraction of sp³-hybridized carbons (Fsp3) is 0.562. The summed E-state index contributed by atoms with van der Waals surface area (Å²) in [4.78, 5) is 14.6. The van der Waals surface area contributed by atoms with E-state index in [2.05, 4.69) is 43.4 Å². The van der Waals surface area contributed by atoms with Gasteiger partial charge in [0.1, 0.15) is 0 Å². The van der Waals surface area contributed by atoms with Gasteiger partial charge in [-0.05, 0) is 30.5 Å². The number of carbonyl (C=O) groups excluding carboxylic acids is 1. The molecular weight excluding hydrogens is 236 g/mol. The number of hydrogen-bond acceptors (Lipinski definition) is 2. The molecule has 104 valence electrons. The van der Waals surface area contributed by atoms with Crippen LogP contribution in [0.5, 0.6) is 0 Å². The highest BCUT2D eigenvalue weighted by atomic mass is 16.2. The van der Waals surface area contributed by atoms with Crippen LogP contribution in [0, 0.1) is 11.8 Å². The van der Waals surface area contributed by atoms with Crippen molar-refractivity contribution >= 4 is 5.91 Å². The normalized spacial score (nSPS) is 16.3. The maximum atomic E-state index is 12.6. The fourth-order valence-corrected chi connectivity index (χ4v) is 2.75. The van der Waals surface area contributed by atoms with E-state index in [0.29, 0.717) is 11.8 Å². The standard InChI is InChI=1S/C16H24N2O/c1-12(2)15(10-17-3)16(19)18-9-8-13-6-4-5-7-14(13)11-18/h4-7,12,15,17H,8-11H2,1-3H3. The third-order valence-electron chi connectivity index (χ3n) is 3.99. The molecule has 0 bridgehead atoms. The number of carbonyl (C=O) groups is 1. The van der Waals surface area contributed by atoms with E-state index >= 15 is 0 Å². The molecule has 0 saturated carbocycles. The fourth-order valence-electron chi connectivity index (χ4n) is 2.75. The molecule has 19 heavy (non-hydrogen) atoms. The highest BCUT2D eigenvalue weighted by Crippen LogP contribution is 2.22. The van der Waals surface area contributed by atoms with Crippen LogP contribution < -0.4 is 5.32 Å². The van der Waals surface area contributed by atoms with Crippen LogP contribution in [0.15, 0.2) is 24.3 Å². The van der Waals surface area contributed by atoms with Crippen molar-refractivity contribution in [2.75, 3.05) is 20.1 Å². The summed E-state index contributed by atoms with van der Waals surface area (Å²) in [7, 11) is 1.91. The molecule has 1 aromatic rings. The minimum absolute atomic E-state index is 0.0789. The average Bonchev–Trinajstić information content (AvgIpc) is 2.43. The molecule has 1 heterocycles. The molecule has 0 saturated heterocycles. The summed E-state index contributed by atoms with van der Waals surface area (Å²) in [6.45, 7) is 6.62. The predicted octanol–water partition coefficient (Wildman–Crippen LogP) is 2.06. The van der Waals surface area contributed by atoms with Crippen molar-refractivity contribution in [3.63, 3.8) is 0 Å². The summed E-state index contributed by atoms with van der Waals surface area (Å²) in [5, 5.41) is 3.14. The summed E-state index contributed by atoms with van der Waals surface area (Å²) in [6, 6.07) is 8.44. The SMILES string of the molecule is CNCC(C(=O)N1CCc2ccccc2C1)C(C)C. The Morgan fingerprint density at radius 2 is 2.00 bits per heavy atom. The number of benzene rings is 1. The summed E-state index contributed by atoms with van der Waals surface area (Å²) in [6.07, 6.45) is 0.978. The first-order valence-electron chi connectivity index (χ1n) is 7.13. The highest BCUT2D eigenvalue weighted by molar-refractivity contribution is 5.79. The van der Waals surface area contributed by atoms with Crippen LogP contribution in [-0.2, 0) is 17.8 Å². The van der Waals surface area contributed by atoms with Gasteiger partial charge in [0.25, 0.3) is 0 Å². The lowest BCUT2D eigenvalue weighted by Crippen LogP contribution is -2.44. The molecule has 0 spiro atoms. The molecule has 3 nitrogen and oxygen atoms in total. The second-order valence-electron chi connectivity index (χ2n) is 5.69. The van der Waals surface area contributed by atoms with Crippen molar-refractivity contribution in [1.82, 2.24) is 10.2 Å². The van der Waals surface area contributed by atoms with Crippen molar-refractivity contribution in [2.24, 2.45) is 11.8 Å². The first-order valence-corrected chi connectivity index (χ1v) is 7.13. The van der Waals surface area contributed by atoms with E-state index in [1.807, 2.05) is 11.9 Å². The highest BCUT2D eigenvalue weighted by Gasteiger charge is 2.28. The molecule has 0 fully saturated rings. The van der Waals surface area contributed by atoms with E-state index in [1.54, 1.807) is 0 Å². The van der Waals surface area contributed by atoms with Gasteiger partial charge in [0.15, 0.2) is 0 Å². The topological polar surface area (TPSA) is 32.3 Å². The number of fused-ring (bicyclic) bond motifs is 1. The first kappa shape index (κ1) is 14.1. The van der Waals surface area contributed by atoms with Gasteiger partial charge < -0.3 is 10.2 Å². The second kappa shape index (κ2) is 6.20. The molecule has 1 unspecified atom stereocenters. The Morgan fingerprint density at radius 3 is 2.63 bits per heavy atom. The maximum absolute atomic E-state index is 12.6. The van der Waals surface area contributed by atoms with Gasteiger partial charge >= 0.3 is 0 Å². The van der Waals surface area contributed by atoms with E-state index in [-0.39, 0.29) is 5.92 Å². The van der Waals surface area contributed by atoms with E-state index < -0.39 is 0 Å². The molecule has 1 aliphatic heterocycles. The monoisotopic (exact) mass is 260 g/mol. The van der Waals surface area contributed by atoms with Crippen molar-refractivity contribution in [3.05, 3.63) is 35.4 Å². The van der Waals surface area contributed by atoms with E-state index in [9.17, 15) is 4.79 Å². The van der Waals surface area contributed by atoms with Gasteiger partial charge in [0, 0.05) is 19.6 Å². The Morgan fingerprint density at radius 1 is 1.32 bits per heavy atom. The van der Waals surface area contributed by atoms with Gasteiger partial charge in [-0.2, -0.15) is 0 Å². The molecule has 2 rings (SSSR count). The Labute approximate surface area is 116 Å². The van der Waals surface area contributed by atoms with Crippen LogP contribution in [0.3, 0.4) is 0 Å². The smallest absolute Gasteiger partial charge is 0.227 e. The zero-order chi connectivity index (χ0) is 13.8. The van der Waals surface area contributed by atoms with Gasteiger partial charge in [-0.25, -0.2) is 0 Å². The zero-order valence-corrected chi connectivity index (χ0v) is 12.1. The third kappa shape index (κ3) is 3.16. The van der Waals surface area contributed by atoms with Crippen molar-refractivity contribution < 1.29 is 4.79 Å². The van der Waals surface area contributed by atoms with Crippen LogP contribution >= 0.6 is 0 Å². The lowest BCUT2D eigenvalue weighted by molar-refractivity contribution is -0.137. The maximum Gasteiger partial charge on any atom is 0.227 e. The van der Waals surface area contributed by atoms with E-state index in [0.717, 1.165) is 26.1 Å². The Balaban J connectivity index is 2.09. The van der Waals surface area contributed by atoms with Gasteiger partial charge in [0.2, 0.25) is 5.91 Å². The van der Waals surface area contributed by atoms with Crippen molar-refractivity contribution in [1.29, 1.82) is 0 Å². The van der Waals surface area contributed by atoms with Crippen molar-refractivity contribution in [3.8, 4) is 0 Å². The van der Waals surface area contributed by atoms with Crippen LogP contribution in [-0.4, -0.2) is 30.9 Å². The van der Waals surface area contributed by atoms with Crippen LogP contribution in [0.4, 0.5) is 0 Å². The van der Waals surface area contributed by atoms with Gasteiger partial charge in [0.05, 0.1) is 5.92 Å². The summed E-state index contributed by atoms with van der Waals surface area (Å²) < 4.78 is 0. The molecule has 1 N–H and O–H groups in total. The van der Waals surface area contributed by atoms with E-state index in [1.165, 1.54) is 11.1 Å². The Bertz CT molecular complexity index is 442. The molecule has 3 heteroatoms. The van der Waals surface area contributed by atoms with Gasteiger partial charge in [-0.1, -0.05) is 38.1 Å². The first-order chi connectivity index (χ1) is 9.13. The van der Waals surface area contributed by atoms with Crippen LogP contribution in [0.25, 0.3) is 0 Å². The summed E-state index contributed by atoms with van der Waals surface area (Å²) in [5.74, 6) is 0.742. The minimum atomic E-state index is 0.0789. The van der Waals surface area contributed by atoms with Gasteiger partial charge in [-0.3, -0.25) is 4.79 Å². The minimum Gasteiger partial charge on any atom is -0.338 e. The Kier molecular flexibility index (Phi) is 4.59. The molecule has 0 aromatic heterocycles. The number of hydrogen-bond donors (Lipinski definition) is 1. The van der Waals surface area contributed by atoms with Crippen LogP contribution in [0.1, 0.15) is 25.0 Å². The predicted molar refractivity (Wildman–Crippen MR) is 77.8 cm³/mol. The lowest BCUT2D eigenvalue weighted by Gasteiger charge is -2.33. The quantitative estimate of drug-likeness (QED) is 0.899. The largest absolute Gasteiger partial charge is 0.338 e. The molecule has 1 aromatic carbocycles. The summed E-state index contributed by atoms with van der Waals surface area (Å²) >= 11 is 0. The van der Waals surface area contributed by atoms with Crippen LogP contribution in [0.2, 0.25) is 0 Å².